The van der Waals surface area contributed by atoms with E-state index in [0.29, 0.717) is 13.0 Å². The summed E-state index contributed by atoms with van der Waals surface area (Å²) in [5.41, 5.74) is 1.01. The van der Waals surface area contributed by atoms with Crippen molar-refractivity contribution in [1.82, 2.24) is 5.32 Å². The van der Waals surface area contributed by atoms with Gasteiger partial charge in [0.05, 0.1) is 13.7 Å². The highest BCUT2D eigenvalue weighted by Gasteiger charge is 2.33. The molecule has 5 heteroatoms. The van der Waals surface area contributed by atoms with Gasteiger partial charge < -0.3 is 19.9 Å². The van der Waals surface area contributed by atoms with E-state index in [9.17, 15) is 9.90 Å². The Bertz CT molecular complexity index is 1050. The second-order valence-electron chi connectivity index (χ2n) is 9.40. The van der Waals surface area contributed by atoms with Gasteiger partial charge in [-0.15, -0.1) is 0 Å². The van der Waals surface area contributed by atoms with Crippen molar-refractivity contribution in [1.29, 1.82) is 0 Å². The molecular weight excluding hydrogens is 462 g/mol. The summed E-state index contributed by atoms with van der Waals surface area (Å²) in [6.07, 6.45) is 7.98. The maximum absolute atomic E-state index is 12.0. The van der Waals surface area contributed by atoms with E-state index in [4.69, 9.17) is 9.47 Å². The SMILES string of the molecule is CCCCCCNC(=O)CCCCCOc1ccc(C(O)(c2ccccc2)c2ccc(OC)cc2)cc1. The third-order valence-electron chi connectivity index (χ3n) is 6.64. The van der Waals surface area contributed by atoms with Gasteiger partial charge in [0.25, 0.3) is 0 Å². The van der Waals surface area contributed by atoms with Gasteiger partial charge in [-0.2, -0.15) is 0 Å². The molecule has 5 nitrogen and oxygen atoms in total. The molecule has 1 atom stereocenters. The Kier molecular flexibility index (Phi) is 11.5. The molecule has 0 bridgehead atoms. The quantitative estimate of drug-likeness (QED) is 0.170. The fourth-order valence-corrected chi connectivity index (χ4v) is 4.43. The van der Waals surface area contributed by atoms with Crippen LogP contribution in [0.1, 0.15) is 75.0 Å². The predicted molar refractivity (Wildman–Crippen MR) is 149 cm³/mol. The molecule has 2 N–H and O–H groups in total. The van der Waals surface area contributed by atoms with Gasteiger partial charge in [0, 0.05) is 13.0 Å². The molecule has 0 aliphatic rings. The number of unbranched alkanes of at least 4 members (excludes halogenated alkanes) is 5. The highest BCUT2D eigenvalue weighted by Crippen LogP contribution is 2.37. The molecule has 0 saturated carbocycles. The summed E-state index contributed by atoms with van der Waals surface area (Å²) in [5.74, 6) is 1.65. The Morgan fingerprint density at radius 1 is 0.757 bits per heavy atom. The van der Waals surface area contributed by atoms with E-state index in [-0.39, 0.29) is 5.91 Å². The van der Waals surface area contributed by atoms with Gasteiger partial charge in [0.15, 0.2) is 0 Å². The standard InChI is InChI=1S/C32H41NO4/c1-3-4-5-11-24-33-31(34)15-10-7-12-25-37-30-22-18-28(19-23-30)32(35,26-13-8-6-9-14-26)27-16-20-29(36-2)21-17-27/h6,8-9,13-14,16-23,35H,3-5,7,10-12,15,24-25H2,1-2H3,(H,33,34). The van der Waals surface area contributed by atoms with Gasteiger partial charge in [0.2, 0.25) is 5.91 Å². The number of hydrogen-bond donors (Lipinski definition) is 2. The number of rotatable bonds is 16. The fourth-order valence-electron chi connectivity index (χ4n) is 4.43. The normalized spacial score (nSPS) is 12.5. The Labute approximate surface area is 221 Å². The molecule has 3 aromatic rings. The topological polar surface area (TPSA) is 67.8 Å². The number of nitrogens with one attached hydrogen (secondary N) is 1. The zero-order valence-corrected chi connectivity index (χ0v) is 22.2. The summed E-state index contributed by atoms with van der Waals surface area (Å²) in [7, 11) is 1.63. The second kappa shape index (κ2) is 15.1. The molecular formula is C32H41NO4. The van der Waals surface area contributed by atoms with Crippen molar-refractivity contribution in [3.63, 3.8) is 0 Å². The smallest absolute Gasteiger partial charge is 0.219 e. The second-order valence-corrected chi connectivity index (χ2v) is 9.40. The van der Waals surface area contributed by atoms with Crippen LogP contribution in [0.2, 0.25) is 0 Å². The first-order chi connectivity index (χ1) is 18.1. The lowest BCUT2D eigenvalue weighted by molar-refractivity contribution is -0.121. The molecule has 3 rings (SSSR count). The summed E-state index contributed by atoms with van der Waals surface area (Å²) >= 11 is 0. The summed E-state index contributed by atoms with van der Waals surface area (Å²) in [6.45, 7) is 3.57. The van der Waals surface area contributed by atoms with Crippen LogP contribution in [0.3, 0.4) is 0 Å². The fraction of sp³-hybridized carbons (Fsp3) is 0.406. The van der Waals surface area contributed by atoms with E-state index in [1.807, 2.05) is 78.9 Å². The molecule has 0 spiro atoms. The van der Waals surface area contributed by atoms with Crippen molar-refractivity contribution in [2.24, 2.45) is 0 Å². The van der Waals surface area contributed by atoms with Crippen LogP contribution in [-0.2, 0) is 10.4 Å². The van der Waals surface area contributed by atoms with Crippen molar-refractivity contribution < 1.29 is 19.4 Å². The average molecular weight is 504 g/mol. The van der Waals surface area contributed by atoms with Crippen LogP contribution in [0.15, 0.2) is 78.9 Å². The van der Waals surface area contributed by atoms with Gasteiger partial charge in [0.1, 0.15) is 17.1 Å². The van der Waals surface area contributed by atoms with E-state index in [1.54, 1.807) is 7.11 Å². The van der Waals surface area contributed by atoms with E-state index < -0.39 is 5.60 Å². The lowest BCUT2D eigenvalue weighted by Crippen LogP contribution is -2.28. The van der Waals surface area contributed by atoms with Crippen molar-refractivity contribution in [3.8, 4) is 11.5 Å². The number of hydrogen-bond acceptors (Lipinski definition) is 4. The molecule has 1 unspecified atom stereocenters. The Morgan fingerprint density at radius 2 is 1.35 bits per heavy atom. The van der Waals surface area contributed by atoms with Gasteiger partial charge >= 0.3 is 0 Å². The number of amides is 1. The summed E-state index contributed by atoms with van der Waals surface area (Å²) in [6, 6.07) is 24.8. The minimum Gasteiger partial charge on any atom is -0.497 e. The predicted octanol–water partition coefficient (Wildman–Crippen LogP) is 6.62. The number of carbonyl (C=O) groups is 1. The van der Waals surface area contributed by atoms with Gasteiger partial charge in [-0.1, -0.05) is 80.8 Å². The van der Waals surface area contributed by atoms with Gasteiger partial charge in [-0.25, -0.2) is 0 Å². The van der Waals surface area contributed by atoms with Crippen LogP contribution in [0.5, 0.6) is 11.5 Å². The Hall–Kier alpha value is -3.31. The zero-order valence-electron chi connectivity index (χ0n) is 22.2. The van der Waals surface area contributed by atoms with E-state index >= 15 is 0 Å². The lowest BCUT2D eigenvalue weighted by atomic mass is 9.80. The van der Waals surface area contributed by atoms with E-state index in [0.717, 1.165) is 60.4 Å². The largest absolute Gasteiger partial charge is 0.497 e. The molecule has 0 fully saturated rings. The molecule has 3 aromatic carbocycles. The van der Waals surface area contributed by atoms with Crippen LogP contribution >= 0.6 is 0 Å². The minimum atomic E-state index is -1.30. The van der Waals surface area contributed by atoms with Crippen LogP contribution < -0.4 is 14.8 Å². The first kappa shape index (κ1) is 28.3. The lowest BCUT2D eigenvalue weighted by Gasteiger charge is -2.30. The molecule has 0 aliphatic heterocycles. The maximum Gasteiger partial charge on any atom is 0.219 e. The molecule has 37 heavy (non-hydrogen) atoms. The van der Waals surface area contributed by atoms with Crippen LogP contribution in [0, 0.1) is 0 Å². The average Bonchev–Trinajstić information content (AvgIpc) is 2.95. The number of ether oxygens (including phenoxy) is 2. The molecule has 0 saturated heterocycles. The summed E-state index contributed by atoms with van der Waals surface area (Å²) in [4.78, 5) is 11.9. The molecule has 0 heterocycles. The van der Waals surface area contributed by atoms with Gasteiger partial charge in [-0.05, 0) is 66.6 Å². The van der Waals surface area contributed by atoms with E-state index in [1.165, 1.54) is 19.3 Å². The molecule has 198 valence electrons. The zero-order chi connectivity index (χ0) is 26.3. The first-order valence-corrected chi connectivity index (χ1v) is 13.5. The summed E-state index contributed by atoms with van der Waals surface area (Å²) in [5, 5.41) is 15.0. The maximum atomic E-state index is 12.0. The highest BCUT2D eigenvalue weighted by atomic mass is 16.5. The van der Waals surface area contributed by atoms with Crippen molar-refractivity contribution in [2.75, 3.05) is 20.3 Å². The molecule has 0 aliphatic carbocycles. The molecule has 0 aromatic heterocycles. The number of aliphatic hydroxyl groups is 1. The van der Waals surface area contributed by atoms with Gasteiger partial charge in [-0.3, -0.25) is 4.79 Å². The number of carbonyl (C=O) groups excluding carboxylic acids is 1. The van der Waals surface area contributed by atoms with Crippen molar-refractivity contribution in [3.05, 3.63) is 95.6 Å². The number of benzene rings is 3. The van der Waals surface area contributed by atoms with E-state index in [2.05, 4.69) is 12.2 Å². The number of methoxy groups -OCH3 is 1. The molecule has 1 amide bonds. The molecule has 0 radical (unpaired) electrons. The van der Waals surface area contributed by atoms with Crippen LogP contribution in [-0.4, -0.2) is 31.3 Å². The summed E-state index contributed by atoms with van der Waals surface area (Å²) < 4.78 is 11.2. The van der Waals surface area contributed by atoms with Crippen molar-refractivity contribution >= 4 is 5.91 Å². The first-order valence-electron chi connectivity index (χ1n) is 13.5. The third-order valence-corrected chi connectivity index (χ3v) is 6.64. The Morgan fingerprint density at radius 3 is 1.97 bits per heavy atom. The Balaban J connectivity index is 1.50. The van der Waals surface area contributed by atoms with Crippen LogP contribution in [0.25, 0.3) is 0 Å². The highest BCUT2D eigenvalue weighted by molar-refractivity contribution is 5.75. The van der Waals surface area contributed by atoms with Crippen molar-refractivity contribution in [2.45, 2.75) is 63.9 Å². The van der Waals surface area contributed by atoms with Crippen LogP contribution in [0.4, 0.5) is 0 Å². The third kappa shape index (κ3) is 8.36. The minimum absolute atomic E-state index is 0.149. The monoisotopic (exact) mass is 503 g/mol.